The molecule has 0 aliphatic rings. The first-order valence-corrected chi connectivity index (χ1v) is 16.3. The van der Waals surface area contributed by atoms with E-state index in [1.807, 2.05) is 12.1 Å². The molecule has 9 aromatic rings. The lowest BCUT2D eigenvalue weighted by molar-refractivity contribution is 0.669. The van der Waals surface area contributed by atoms with Crippen molar-refractivity contribution in [3.63, 3.8) is 0 Å². The molecule has 0 fully saturated rings. The lowest BCUT2D eigenvalue weighted by Gasteiger charge is -2.27. The highest BCUT2D eigenvalue weighted by Crippen LogP contribution is 2.43. The first-order valence-electron chi connectivity index (χ1n) is 16.3. The Kier molecular flexibility index (Phi) is 6.84. The van der Waals surface area contributed by atoms with Gasteiger partial charge in [-0.3, -0.25) is 0 Å². The normalized spacial score (nSPS) is 11.3. The van der Waals surface area contributed by atoms with Crippen molar-refractivity contribution in [3.05, 3.63) is 188 Å². The number of benzene rings is 8. The summed E-state index contributed by atoms with van der Waals surface area (Å²) >= 11 is 0. The van der Waals surface area contributed by atoms with Gasteiger partial charge in [-0.1, -0.05) is 133 Å². The lowest BCUT2D eigenvalue weighted by atomic mass is 9.96. The number of furan rings is 1. The standard InChI is InChI=1S/C46H31NO/c1-3-13-32(14-4-1)36-27-37(33-15-5-2-6-16-33)30-40(29-36)47(39-25-26-46-44(31-39)43-22-9-10-24-45(43)48-46)38-20-11-19-35(28-38)42-23-12-18-34-17-7-8-21-41(34)42/h1-31H. The minimum atomic E-state index is 0.882. The summed E-state index contributed by atoms with van der Waals surface area (Å²) in [6, 6.07) is 67.1. The molecule has 9 rings (SSSR count). The van der Waals surface area contributed by atoms with Gasteiger partial charge in [-0.2, -0.15) is 0 Å². The van der Waals surface area contributed by atoms with Crippen LogP contribution in [0.25, 0.3) is 66.1 Å². The molecular formula is C46H31NO. The van der Waals surface area contributed by atoms with Crippen LogP contribution in [0.2, 0.25) is 0 Å². The molecule has 2 nitrogen and oxygen atoms in total. The van der Waals surface area contributed by atoms with Crippen LogP contribution in [0.15, 0.2) is 192 Å². The Balaban J connectivity index is 1.30. The van der Waals surface area contributed by atoms with Gasteiger partial charge >= 0.3 is 0 Å². The molecule has 0 N–H and O–H groups in total. The van der Waals surface area contributed by atoms with Crippen molar-refractivity contribution >= 4 is 49.8 Å². The van der Waals surface area contributed by atoms with Crippen LogP contribution in [0.5, 0.6) is 0 Å². The van der Waals surface area contributed by atoms with Crippen LogP contribution in [-0.4, -0.2) is 0 Å². The fourth-order valence-electron chi connectivity index (χ4n) is 6.92. The maximum Gasteiger partial charge on any atom is 0.135 e. The number of nitrogens with zero attached hydrogens (tertiary/aromatic N) is 1. The van der Waals surface area contributed by atoms with Crippen LogP contribution in [0.4, 0.5) is 17.1 Å². The third-order valence-electron chi connectivity index (χ3n) is 9.21. The maximum atomic E-state index is 6.25. The van der Waals surface area contributed by atoms with E-state index in [1.165, 1.54) is 33.0 Å². The maximum absolute atomic E-state index is 6.25. The van der Waals surface area contributed by atoms with Crippen molar-refractivity contribution in [2.75, 3.05) is 4.90 Å². The summed E-state index contributed by atoms with van der Waals surface area (Å²) in [5.41, 5.74) is 12.1. The molecule has 8 aromatic carbocycles. The number of rotatable bonds is 6. The number of fused-ring (bicyclic) bond motifs is 4. The molecule has 0 aliphatic heterocycles. The van der Waals surface area contributed by atoms with E-state index >= 15 is 0 Å². The van der Waals surface area contributed by atoms with Crippen LogP contribution in [-0.2, 0) is 0 Å². The molecule has 48 heavy (non-hydrogen) atoms. The van der Waals surface area contributed by atoms with Crippen LogP contribution >= 0.6 is 0 Å². The molecule has 0 saturated carbocycles. The zero-order chi connectivity index (χ0) is 31.9. The number of hydrogen-bond donors (Lipinski definition) is 0. The minimum Gasteiger partial charge on any atom is -0.456 e. The average Bonchev–Trinajstić information content (AvgIpc) is 3.53. The molecule has 2 heteroatoms. The Labute approximate surface area is 279 Å². The summed E-state index contributed by atoms with van der Waals surface area (Å²) in [5, 5.41) is 4.69. The second kappa shape index (κ2) is 11.8. The van der Waals surface area contributed by atoms with Gasteiger partial charge in [0.15, 0.2) is 0 Å². The predicted octanol–water partition coefficient (Wildman–Crippen LogP) is 13.2. The van der Waals surface area contributed by atoms with Crippen LogP contribution in [0.1, 0.15) is 0 Å². The van der Waals surface area contributed by atoms with E-state index in [9.17, 15) is 0 Å². The molecule has 0 atom stereocenters. The fourth-order valence-corrected chi connectivity index (χ4v) is 6.92. The van der Waals surface area contributed by atoms with Gasteiger partial charge in [-0.15, -0.1) is 0 Å². The van der Waals surface area contributed by atoms with E-state index in [-0.39, 0.29) is 0 Å². The quantitative estimate of drug-likeness (QED) is 0.185. The molecule has 226 valence electrons. The predicted molar refractivity (Wildman–Crippen MR) is 202 cm³/mol. The van der Waals surface area contributed by atoms with Gasteiger partial charge in [-0.25, -0.2) is 0 Å². The van der Waals surface area contributed by atoms with E-state index in [1.54, 1.807) is 0 Å². The monoisotopic (exact) mass is 613 g/mol. The molecular weight excluding hydrogens is 583 g/mol. The van der Waals surface area contributed by atoms with Gasteiger partial charge < -0.3 is 9.32 Å². The first kappa shape index (κ1) is 27.9. The zero-order valence-corrected chi connectivity index (χ0v) is 26.3. The minimum absolute atomic E-state index is 0.882. The van der Waals surface area contributed by atoms with E-state index in [2.05, 4.69) is 181 Å². The highest BCUT2D eigenvalue weighted by Gasteiger charge is 2.19. The third kappa shape index (κ3) is 5.01. The molecule has 0 amide bonds. The van der Waals surface area contributed by atoms with Gasteiger partial charge in [0.1, 0.15) is 11.2 Å². The van der Waals surface area contributed by atoms with Crippen molar-refractivity contribution in [2.24, 2.45) is 0 Å². The van der Waals surface area contributed by atoms with Crippen LogP contribution in [0, 0.1) is 0 Å². The highest BCUT2D eigenvalue weighted by atomic mass is 16.3. The Morgan fingerprint density at radius 1 is 0.312 bits per heavy atom. The van der Waals surface area contributed by atoms with Crippen molar-refractivity contribution in [3.8, 4) is 33.4 Å². The van der Waals surface area contributed by atoms with Gasteiger partial charge in [0, 0.05) is 27.8 Å². The van der Waals surface area contributed by atoms with Gasteiger partial charge in [0.25, 0.3) is 0 Å². The van der Waals surface area contributed by atoms with E-state index < -0.39 is 0 Å². The zero-order valence-electron chi connectivity index (χ0n) is 26.3. The summed E-state index contributed by atoms with van der Waals surface area (Å²) in [6.45, 7) is 0. The topological polar surface area (TPSA) is 16.4 Å². The Morgan fingerprint density at radius 3 is 1.65 bits per heavy atom. The molecule has 0 aliphatic carbocycles. The highest BCUT2D eigenvalue weighted by molar-refractivity contribution is 6.07. The van der Waals surface area contributed by atoms with Gasteiger partial charge in [0.05, 0.1) is 0 Å². The number of para-hydroxylation sites is 1. The summed E-state index contributed by atoms with van der Waals surface area (Å²) in [7, 11) is 0. The fraction of sp³-hybridized carbons (Fsp3) is 0. The van der Waals surface area contributed by atoms with E-state index in [0.29, 0.717) is 0 Å². The summed E-state index contributed by atoms with van der Waals surface area (Å²) in [4.78, 5) is 2.38. The molecule has 0 radical (unpaired) electrons. The smallest absolute Gasteiger partial charge is 0.135 e. The Morgan fingerprint density at radius 2 is 0.875 bits per heavy atom. The SMILES string of the molecule is c1ccc(-c2cc(-c3ccccc3)cc(N(c3cccc(-c4cccc5ccccc45)c3)c3ccc4oc5ccccc5c4c3)c2)cc1. The lowest BCUT2D eigenvalue weighted by Crippen LogP contribution is -2.10. The summed E-state index contributed by atoms with van der Waals surface area (Å²) in [5.74, 6) is 0. The number of anilines is 3. The number of hydrogen-bond acceptors (Lipinski definition) is 2. The molecule has 0 saturated heterocycles. The Hall–Kier alpha value is -6.38. The molecule has 0 spiro atoms. The van der Waals surface area contributed by atoms with Crippen molar-refractivity contribution < 1.29 is 4.42 Å². The largest absolute Gasteiger partial charge is 0.456 e. The molecule has 0 unspecified atom stereocenters. The second-order valence-electron chi connectivity index (χ2n) is 12.2. The van der Waals surface area contributed by atoms with Crippen LogP contribution in [0.3, 0.4) is 0 Å². The summed E-state index contributed by atoms with van der Waals surface area (Å²) < 4.78 is 6.25. The third-order valence-corrected chi connectivity index (χ3v) is 9.21. The van der Waals surface area contributed by atoms with Gasteiger partial charge in [-0.05, 0) is 98.8 Å². The van der Waals surface area contributed by atoms with Gasteiger partial charge in [0.2, 0.25) is 0 Å². The van der Waals surface area contributed by atoms with E-state index in [4.69, 9.17) is 4.42 Å². The molecule has 0 bridgehead atoms. The average molecular weight is 614 g/mol. The van der Waals surface area contributed by atoms with E-state index in [0.717, 1.165) is 50.1 Å². The van der Waals surface area contributed by atoms with Crippen molar-refractivity contribution in [1.29, 1.82) is 0 Å². The van der Waals surface area contributed by atoms with Crippen LogP contribution < -0.4 is 4.90 Å². The Bertz CT molecular complexity index is 2500. The first-order chi connectivity index (χ1) is 23.8. The second-order valence-corrected chi connectivity index (χ2v) is 12.2. The molecule has 1 heterocycles. The summed E-state index contributed by atoms with van der Waals surface area (Å²) in [6.07, 6.45) is 0. The van der Waals surface area contributed by atoms with Crippen molar-refractivity contribution in [1.82, 2.24) is 0 Å². The molecule has 1 aromatic heterocycles. The van der Waals surface area contributed by atoms with Crippen molar-refractivity contribution in [2.45, 2.75) is 0 Å².